The molecule has 1 aromatic carbocycles. The minimum atomic E-state index is 0.370. The van der Waals surface area contributed by atoms with E-state index in [4.69, 9.17) is 24.2 Å². The van der Waals surface area contributed by atoms with Crippen LogP contribution in [0.15, 0.2) is 29.8 Å². The fourth-order valence-corrected chi connectivity index (χ4v) is 4.67. The number of aryl methyl sites for hydroxylation is 1. The lowest BCUT2D eigenvalue weighted by molar-refractivity contribution is 0.201. The second-order valence-electron chi connectivity index (χ2n) is 7.67. The molecule has 1 fully saturated rings. The highest BCUT2D eigenvalue weighted by molar-refractivity contribution is 7.13. The van der Waals surface area contributed by atoms with Crippen LogP contribution >= 0.6 is 11.3 Å². The lowest BCUT2D eigenvalue weighted by Crippen LogP contribution is -2.33. The Morgan fingerprint density at radius 2 is 1.71 bits per heavy atom. The van der Waals surface area contributed by atoms with Crippen LogP contribution in [0.3, 0.4) is 0 Å². The maximum absolute atomic E-state index is 5.49. The van der Waals surface area contributed by atoms with E-state index in [9.17, 15) is 0 Å². The standard InChI is InChI=1S/C23H28N4O3S/c1-15-11-18(23-24-7-10-31-23)26-22(25-15)17-5-8-27(9-6-17)14-16-12-19(28-2)21(30-4)20(13-16)29-3/h7,10-13,17H,5-6,8-9,14H2,1-4H3. The molecule has 1 aliphatic rings. The van der Waals surface area contributed by atoms with E-state index < -0.39 is 0 Å². The van der Waals surface area contributed by atoms with Crippen LogP contribution in [-0.2, 0) is 6.54 Å². The van der Waals surface area contributed by atoms with Gasteiger partial charge in [-0.1, -0.05) is 0 Å². The molecule has 164 valence electrons. The van der Waals surface area contributed by atoms with Gasteiger partial charge in [0.15, 0.2) is 11.5 Å². The zero-order valence-corrected chi connectivity index (χ0v) is 19.2. The molecule has 0 saturated carbocycles. The number of hydrogen-bond acceptors (Lipinski definition) is 8. The molecule has 3 heterocycles. The Balaban J connectivity index is 1.44. The van der Waals surface area contributed by atoms with Gasteiger partial charge >= 0.3 is 0 Å². The number of ether oxygens (including phenoxy) is 3. The number of rotatable bonds is 7. The smallest absolute Gasteiger partial charge is 0.203 e. The first-order chi connectivity index (χ1) is 15.1. The lowest BCUT2D eigenvalue weighted by atomic mass is 9.95. The van der Waals surface area contributed by atoms with Gasteiger partial charge in [-0.15, -0.1) is 11.3 Å². The summed E-state index contributed by atoms with van der Waals surface area (Å²) >= 11 is 1.61. The van der Waals surface area contributed by atoms with Crippen LogP contribution in [0.25, 0.3) is 10.7 Å². The first kappa shape index (κ1) is 21.5. The molecule has 1 aliphatic heterocycles. The van der Waals surface area contributed by atoms with E-state index in [0.717, 1.165) is 60.3 Å². The molecule has 0 amide bonds. The third kappa shape index (κ3) is 4.80. The summed E-state index contributed by atoms with van der Waals surface area (Å²) in [6.07, 6.45) is 3.88. The Morgan fingerprint density at radius 1 is 1.00 bits per heavy atom. The third-order valence-electron chi connectivity index (χ3n) is 5.61. The molecule has 0 bridgehead atoms. The zero-order chi connectivity index (χ0) is 21.8. The molecule has 0 N–H and O–H groups in total. The van der Waals surface area contributed by atoms with Crippen LogP contribution in [0.1, 0.15) is 35.8 Å². The maximum atomic E-state index is 5.49. The summed E-state index contributed by atoms with van der Waals surface area (Å²) in [7, 11) is 4.92. The Bertz CT molecular complexity index is 993. The van der Waals surface area contributed by atoms with Crippen LogP contribution in [0.5, 0.6) is 17.2 Å². The van der Waals surface area contributed by atoms with Crippen molar-refractivity contribution >= 4 is 11.3 Å². The van der Waals surface area contributed by atoms with Crippen LogP contribution in [0.2, 0.25) is 0 Å². The van der Waals surface area contributed by atoms with Crippen molar-refractivity contribution in [2.75, 3.05) is 34.4 Å². The molecule has 8 heteroatoms. The average Bonchev–Trinajstić information content (AvgIpc) is 3.33. The SMILES string of the molecule is COc1cc(CN2CCC(c3nc(C)cc(-c4nccs4)n3)CC2)cc(OC)c1OC. The van der Waals surface area contributed by atoms with Crippen molar-refractivity contribution in [3.8, 4) is 28.0 Å². The maximum Gasteiger partial charge on any atom is 0.203 e. The molecule has 0 unspecified atom stereocenters. The molecule has 1 saturated heterocycles. The van der Waals surface area contributed by atoms with E-state index in [1.54, 1.807) is 32.7 Å². The minimum Gasteiger partial charge on any atom is -0.493 e. The van der Waals surface area contributed by atoms with Crippen molar-refractivity contribution in [2.24, 2.45) is 0 Å². The molecular weight excluding hydrogens is 412 g/mol. The molecule has 0 spiro atoms. The molecule has 0 atom stereocenters. The first-order valence-electron chi connectivity index (χ1n) is 10.4. The Morgan fingerprint density at radius 3 is 2.29 bits per heavy atom. The number of likely N-dealkylation sites (tertiary alicyclic amines) is 1. The van der Waals surface area contributed by atoms with Gasteiger partial charge in [0.2, 0.25) is 5.75 Å². The summed E-state index contributed by atoms with van der Waals surface area (Å²) in [6, 6.07) is 6.07. The van der Waals surface area contributed by atoms with Gasteiger partial charge in [0, 0.05) is 29.7 Å². The van der Waals surface area contributed by atoms with Crippen LogP contribution in [0, 0.1) is 6.92 Å². The van der Waals surface area contributed by atoms with Crippen molar-refractivity contribution in [1.29, 1.82) is 0 Å². The summed E-state index contributed by atoms with van der Waals surface area (Å²) in [5.41, 5.74) is 3.07. The molecule has 2 aromatic heterocycles. The fourth-order valence-electron chi connectivity index (χ4n) is 4.07. The summed E-state index contributed by atoms with van der Waals surface area (Å²) < 4.78 is 16.4. The van der Waals surface area contributed by atoms with Gasteiger partial charge in [-0.2, -0.15) is 0 Å². The number of piperidine rings is 1. The lowest BCUT2D eigenvalue weighted by Gasteiger charge is -2.31. The summed E-state index contributed by atoms with van der Waals surface area (Å²) in [5, 5.41) is 2.93. The van der Waals surface area contributed by atoms with E-state index in [2.05, 4.69) is 9.88 Å². The Labute approximate surface area is 187 Å². The molecule has 0 aliphatic carbocycles. The topological polar surface area (TPSA) is 69.6 Å². The zero-order valence-electron chi connectivity index (χ0n) is 18.4. The molecule has 4 rings (SSSR count). The van der Waals surface area contributed by atoms with Crippen molar-refractivity contribution in [1.82, 2.24) is 19.9 Å². The molecule has 0 radical (unpaired) electrons. The highest BCUT2D eigenvalue weighted by Gasteiger charge is 2.24. The van der Waals surface area contributed by atoms with Gasteiger partial charge in [-0.05, 0) is 56.6 Å². The van der Waals surface area contributed by atoms with Crippen LogP contribution < -0.4 is 14.2 Å². The van der Waals surface area contributed by atoms with E-state index in [-0.39, 0.29) is 0 Å². The highest BCUT2D eigenvalue weighted by Crippen LogP contribution is 2.39. The van der Waals surface area contributed by atoms with E-state index >= 15 is 0 Å². The number of thiazole rings is 1. The second-order valence-corrected chi connectivity index (χ2v) is 8.57. The molecule has 3 aromatic rings. The summed E-state index contributed by atoms with van der Waals surface area (Å²) in [6.45, 7) is 4.85. The fraction of sp³-hybridized carbons (Fsp3) is 0.435. The van der Waals surface area contributed by atoms with Gasteiger partial charge in [0.25, 0.3) is 0 Å². The minimum absolute atomic E-state index is 0.370. The van der Waals surface area contributed by atoms with Crippen LogP contribution in [-0.4, -0.2) is 54.3 Å². The van der Waals surface area contributed by atoms with Gasteiger partial charge in [-0.3, -0.25) is 4.90 Å². The number of nitrogens with zero attached hydrogens (tertiary/aromatic N) is 4. The molecular formula is C23H28N4O3S. The van der Waals surface area contributed by atoms with Crippen molar-refractivity contribution in [3.63, 3.8) is 0 Å². The predicted octanol–water partition coefficient (Wildman–Crippen LogP) is 4.31. The van der Waals surface area contributed by atoms with Crippen molar-refractivity contribution in [2.45, 2.75) is 32.2 Å². The monoisotopic (exact) mass is 440 g/mol. The molecule has 31 heavy (non-hydrogen) atoms. The van der Waals surface area contributed by atoms with Crippen molar-refractivity contribution < 1.29 is 14.2 Å². The summed E-state index contributed by atoms with van der Waals surface area (Å²) in [4.78, 5) is 16.4. The Hall–Kier alpha value is -2.71. The van der Waals surface area contributed by atoms with Gasteiger partial charge in [-0.25, -0.2) is 15.0 Å². The number of methoxy groups -OCH3 is 3. The van der Waals surface area contributed by atoms with Crippen LogP contribution in [0.4, 0.5) is 0 Å². The number of aromatic nitrogens is 3. The van der Waals surface area contributed by atoms with Gasteiger partial charge in [0.05, 0.1) is 21.3 Å². The van der Waals surface area contributed by atoms with E-state index in [1.807, 2.05) is 36.7 Å². The van der Waals surface area contributed by atoms with Gasteiger partial charge < -0.3 is 14.2 Å². The van der Waals surface area contributed by atoms with Crippen molar-refractivity contribution in [3.05, 3.63) is 46.9 Å². The first-order valence-corrected chi connectivity index (χ1v) is 11.3. The highest BCUT2D eigenvalue weighted by atomic mass is 32.1. The number of hydrogen-bond donors (Lipinski definition) is 0. The quantitative estimate of drug-likeness (QED) is 0.542. The average molecular weight is 441 g/mol. The third-order valence-corrected chi connectivity index (χ3v) is 6.40. The number of benzene rings is 1. The van der Waals surface area contributed by atoms with E-state index in [1.165, 1.54) is 0 Å². The predicted molar refractivity (Wildman–Crippen MR) is 121 cm³/mol. The summed E-state index contributed by atoms with van der Waals surface area (Å²) in [5.74, 6) is 3.32. The largest absolute Gasteiger partial charge is 0.493 e. The normalized spacial score (nSPS) is 15.1. The molecule has 7 nitrogen and oxygen atoms in total. The second kappa shape index (κ2) is 9.62. The Kier molecular flexibility index (Phi) is 6.67. The van der Waals surface area contributed by atoms with Gasteiger partial charge in [0.1, 0.15) is 16.5 Å². The van der Waals surface area contributed by atoms with E-state index in [0.29, 0.717) is 23.2 Å².